The van der Waals surface area contributed by atoms with Crippen LogP contribution in [-0.4, -0.2) is 7.11 Å². The summed E-state index contributed by atoms with van der Waals surface area (Å²) in [6.45, 7) is 10.4. The predicted octanol–water partition coefficient (Wildman–Crippen LogP) is 14.8. The zero-order chi connectivity index (χ0) is 38.1. The summed E-state index contributed by atoms with van der Waals surface area (Å²) in [5.74, 6) is 0.717. The second-order valence-electron chi connectivity index (χ2n) is 15.3. The second kappa shape index (κ2) is 11.4. The summed E-state index contributed by atoms with van der Waals surface area (Å²) in [6, 6.07) is 54.6. The van der Waals surface area contributed by atoms with E-state index in [2.05, 4.69) is 133 Å². The second-order valence-corrected chi connectivity index (χ2v) is 15.3. The van der Waals surface area contributed by atoms with Crippen molar-refractivity contribution in [1.29, 1.82) is 5.26 Å². The number of nitriles is 1. The Kier molecular flexibility index (Phi) is 6.32. The molecule has 0 aliphatic heterocycles. The molecule has 0 saturated heterocycles. The lowest BCUT2D eigenvalue weighted by atomic mass is 9.83. The molecule has 0 bridgehead atoms. The van der Waals surface area contributed by atoms with E-state index >= 15 is 0 Å². The number of fused-ring (bicyclic) bond motifs is 11. The molecule has 10 aromatic rings. The van der Waals surface area contributed by atoms with Crippen LogP contribution in [0.3, 0.4) is 0 Å². The van der Waals surface area contributed by atoms with Crippen molar-refractivity contribution >= 4 is 59.5 Å². The van der Waals surface area contributed by atoms with E-state index in [4.69, 9.17) is 11.3 Å². The lowest BCUT2D eigenvalue weighted by molar-refractivity contribution is 0.415. The molecule has 262 valence electrons. The maximum Gasteiger partial charge on any atom is 0.195 e. The highest BCUT2D eigenvalue weighted by Crippen LogP contribution is 2.58. The summed E-state index contributed by atoms with van der Waals surface area (Å²) < 4.78 is 5.77. The average molecular weight is 723 g/mol. The minimum absolute atomic E-state index is 0.590. The molecule has 0 amide bonds. The number of hydrogen-bond donors (Lipinski definition) is 0. The Balaban J connectivity index is 1.26. The maximum atomic E-state index is 10.5. The zero-order valence-electron chi connectivity index (χ0n) is 31.2. The molecule has 0 radical (unpaired) electrons. The lowest BCUT2D eigenvalue weighted by Crippen LogP contribution is -1.94. The molecule has 0 N–H and O–H groups in total. The van der Waals surface area contributed by atoms with Gasteiger partial charge in [0.15, 0.2) is 5.69 Å². The third kappa shape index (κ3) is 4.13. The summed E-state index contributed by atoms with van der Waals surface area (Å²) in [5, 5.41) is 22.2. The summed E-state index contributed by atoms with van der Waals surface area (Å²) in [4.78, 5) is 4.05. The van der Waals surface area contributed by atoms with Gasteiger partial charge in [-0.1, -0.05) is 121 Å². The minimum Gasteiger partial charge on any atom is -0.497 e. The van der Waals surface area contributed by atoms with E-state index in [1.54, 1.807) is 7.11 Å². The van der Waals surface area contributed by atoms with E-state index in [9.17, 15) is 5.26 Å². The number of methoxy groups -OCH3 is 1. The molecule has 0 aromatic heterocycles. The van der Waals surface area contributed by atoms with E-state index in [1.807, 2.05) is 30.3 Å². The molecular formula is C54H30N2O. The smallest absolute Gasteiger partial charge is 0.195 e. The molecule has 57 heavy (non-hydrogen) atoms. The largest absolute Gasteiger partial charge is 0.497 e. The van der Waals surface area contributed by atoms with Gasteiger partial charge in [-0.15, -0.1) is 0 Å². The fourth-order valence-electron chi connectivity index (χ4n) is 10.2. The van der Waals surface area contributed by atoms with Gasteiger partial charge in [0, 0.05) is 5.56 Å². The van der Waals surface area contributed by atoms with Crippen LogP contribution in [0.1, 0.15) is 11.1 Å². The number of hydrogen-bond acceptors (Lipinski definition) is 2. The van der Waals surface area contributed by atoms with Crippen LogP contribution >= 0.6 is 0 Å². The normalized spacial score (nSPS) is 12.0. The molecule has 2 aliphatic carbocycles. The maximum absolute atomic E-state index is 10.5. The number of nitrogens with zero attached hydrogens (tertiary/aromatic N) is 2. The molecule has 3 nitrogen and oxygen atoms in total. The van der Waals surface area contributed by atoms with Gasteiger partial charge in [-0.05, 0) is 152 Å². The fraction of sp³-hybridized carbons (Fsp3) is 0.0370. The summed E-state index contributed by atoms with van der Waals surface area (Å²) in [5.41, 5.74) is 15.9. The Morgan fingerprint density at radius 3 is 1.53 bits per heavy atom. The van der Waals surface area contributed by atoms with Crippen molar-refractivity contribution in [2.24, 2.45) is 0 Å². The van der Waals surface area contributed by atoms with Crippen LogP contribution in [0.15, 0.2) is 146 Å². The Bertz CT molecular complexity index is 3590. The Morgan fingerprint density at radius 2 is 1.00 bits per heavy atom. The van der Waals surface area contributed by atoms with Crippen molar-refractivity contribution in [3.8, 4) is 78.6 Å². The van der Waals surface area contributed by atoms with Crippen LogP contribution in [-0.2, 0) is 0 Å². The van der Waals surface area contributed by atoms with E-state index in [0.29, 0.717) is 17.0 Å². The van der Waals surface area contributed by atoms with E-state index in [0.717, 1.165) is 65.7 Å². The van der Waals surface area contributed by atoms with Crippen LogP contribution in [0.5, 0.6) is 5.75 Å². The molecule has 0 atom stereocenters. The van der Waals surface area contributed by atoms with Crippen LogP contribution in [0.25, 0.3) is 125 Å². The van der Waals surface area contributed by atoms with Crippen LogP contribution in [0, 0.1) is 24.8 Å². The molecule has 12 rings (SSSR count). The molecule has 3 heteroatoms. The molecule has 10 aromatic carbocycles. The van der Waals surface area contributed by atoms with Gasteiger partial charge < -0.3 is 4.74 Å². The zero-order valence-corrected chi connectivity index (χ0v) is 31.2. The average Bonchev–Trinajstić information content (AvgIpc) is 3.75. The van der Waals surface area contributed by atoms with Gasteiger partial charge in [-0.2, -0.15) is 5.26 Å². The fourth-order valence-corrected chi connectivity index (χ4v) is 10.2. The summed E-state index contributed by atoms with van der Waals surface area (Å²) in [7, 11) is 1.68. The third-order valence-corrected chi connectivity index (χ3v) is 12.5. The highest BCUT2D eigenvalue weighted by molar-refractivity contribution is 6.30. The van der Waals surface area contributed by atoms with Gasteiger partial charge in [-0.3, -0.25) is 0 Å². The first-order valence-corrected chi connectivity index (χ1v) is 19.2. The molecule has 0 fully saturated rings. The van der Waals surface area contributed by atoms with Crippen LogP contribution < -0.4 is 4.74 Å². The van der Waals surface area contributed by atoms with Crippen molar-refractivity contribution in [3.05, 3.63) is 168 Å². The van der Waals surface area contributed by atoms with E-state index in [-0.39, 0.29) is 0 Å². The Hall–Kier alpha value is -7.72. The number of ether oxygens (including phenoxy) is 1. The summed E-state index contributed by atoms with van der Waals surface area (Å²) in [6.07, 6.45) is 0. The standard InChI is InChI=1S/C54H30N2O/c1-29-16-17-32(28-55)42(24-29)51-38-21-19-35-34(43(38)26-45-36-12-4-8-30-10-6-14-40(49(30)36)53(45)51)20-22-39-44(35)27-46-37-13-5-9-31-11-7-15-41(50(31)37)54(46)52(39)47-25-33(57-3)18-23-48(47)56-2/h4-27H,1,3H3. The van der Waals surface area contributed by atoms with Crippen LogP contribution in [0.4, 0.5) is 5.69 Å². The highest BCUT2D eigenvalue weighted by atomic mass is 16.5. The SMILES string of the molecule is [C-]#[N+]c1ccc(OC)cc1-c1c2c(cc3c1ccc1c4cc5c(c(-c6cc(C)ccc6C#N)c4ccc31)-c1cccc3cccc-5c13)-c1cccc3cccc-2c13. The number of benzene rings is 10. The van der Waals surface area contributed by atoms with E-state index < -0.39 is 0 Å². The third-order valence-electron chi connectivity index (χ3n) is 12.5. The first kappa shape index (κ1) is 31.6. The van der Waals surface area contributed by atoms with Crippen LogP contribution in [0.2, 0.25) is 0 Å². The molecular weight excluding hydrogens is 693 g/mol. The first-order chi connectivity index (χ1) is 28.1. The van der Waals surface area contributed by atoms with Gasteiger partial charge >= 0.3 is 0 Å². The topological polar surface area (TPSA) is 37.4 Å². The summed E-state index contributed by atoms with van der Waals surface area (Å²) >= 11 is 0. The molecule has 0 saturated carbocycles. The molecule has 0 unspecified atom stereocenters. The molecule has 2 aliphatic rings. The van der Waals surface area contributed by atoms with Gasteiger partial charge in [-0.25, -0.2) is 4.85 Å². The highest BCUT2D eigenvalue weighted by Gasteiger charge is 2.30. The van der Waals surface area contributed by atoms with Crippen molar-refractivity contribution < 1.29 is 4.74 Å². The van der Waals surface area contributed by atoms with Crippen molar-refractivity contribution in [2.45, 2.75) is 6.92 Å². The minimum atomic E-state index is 0.590. The van der Waals surface area contributed by atoms with Crippen molar-refractivity contribution in [3.63, 3.8) is 0 Å². The predicted molar refractivity (Wildman–Crippen MR) is 236 cm³/mol. The van der Waals surface area contributed by atoms with Gasteiger partial charge in [0.25, 0.3) is 0 Å². The Labute approximate surface area is 329 Å². The monoisotopic (exact) mass is 722 g/mol. The van der Waals surface area contributed by atoms with Gasteiger partial charge in [0.2, 0.25) is 0 Å². The van der Waals surface area contributed by atoms with Gasteiger partial charge in [0.1, 0.15) is 5.75 Å². The van der Waals surface area contributed by atoms with E-state index in [1.165, 1.54) is 60.5 Å². The first-order valence-electron chi connectivity index (χ1n) is 19.2. The van der Waals surface area contributed by atoms with Crippen molar-refractivity contribution in [2.75, 3.05) is 7.11 Å². The lowest BCUT2D eigenvalue weighted by Gasteiger charge is -2.20. The molecule has 0 spiro atoms. The quantitative estimate of drug-likeness (QED) is 0.134. The number of aryl methyl sites for hydroxylation is 1. The molecule has 0 heterocycles. The van der Waals surface area contributed by atoms with Crippen molar-refractivity contribution in [1.82, 2.24) is 0 Å². The Morgan fingerprint density at radius 1 is 0.474 bits per heavy atom. The van der Waals surface area contributed by atoms with Gasteiger partial charge in [0.05, 0.1) is 25.3 Å². The number of rotatable bonds is 3.